The van der Waals surface area contributed by atoms with E-state index in [2.05, 4.69) is 11.3 Å². The molecule has 0 aliphatic heterocycles. The first kappa shape index (κ1) is 9.16. The van der Waals surface area contributed by atoms with Gasteiger partial charge in [0, 0.05) is 5.38 Å². The molecule has 2 nitrogen and oxygen atoms in total. The summed E-state index contributed by atoms with van der Waals surface area (Å²) in [7, 11) is 0. The summed E-state index contributed by atoms with van der Waals surface area (Å²) in [6.07, 6.45) is 1.91. The molecular formula is C10H15NOS. The van der Waals surface area contributed by atoms with Crippen LogP contribution in [0.15, 0.2) is 11.4 Å². The minimum Gasteiger partial charge on any atom is -0.383 e. The van der Waals surface area contributed by atoms with Crippen LogP contribution in [0, 0.1) is 11.8 Å². The summed E-state index contributed by atoms with van der Waals surface area (Å²) in [4.78, 5) is 0. The first-order valence-electron chi connectivity index (χ1n) is 4.81. The van der Waals surface area contributed by atoms with E-state index in [-0.39, 0.29) is 0 Å². The van der Waals surface area contributed by atoms with E-state index in [0.29, 0.717) is 11.8 Å². The topological polar surface area (TPSA) is 33.1 Å². The van der Waals surface area contributed by atoms with Gasteiger partial charge in [0.15, 0.2) is 0 Å². The third-order valence-corrected chi connectivity index (χ3v) is 3.70. The van der Waals surface area contributed by atoms with E-state index in [0.717, 1.165) is 18.5 Å². The Labute approximate surface area is 82.8 Å². The molecule has 0 amide bonds. The van der Waals surface area contributed by atoms with Gasteiger partial charge in [-0.15, -0.1) is 0 Å². The SMILES string of the molecule is CCC(O)(c1ccsn1)C1CC1C. The minimum absolute atomic E-state index is 0.430. The van der Waals surface area contributed by atoms with Crippen LogP contribution in [0.5, 0.6) is 0 Å². The molecule has 3 atom stereocenters. The molecule has 1 aliphatic carbocycles. The smallest absolute Gasteiger partial charge is 0.110 e. The average Bonchev–Trinajstić information content (AvgIpc) is 2.71. The molecule has 1 aromatic rings. The van der Waals surface area contributed by atoms with Gasteiger partial charge in [-0.3, -0.25) is 0 Å². The number of aliphatic hydroxyl groups is 1. The second-order valence-electron chi connectivity index (χ2n) is 3.98. The van der Waals surface area contributed by atoms with Gasteiger partial charge in [-0.25, -0.2) is 0 Å². The molecule has 1 fully saturated rings. The summed E-state index contributed by atoms with van der Waals surface area (Å²) in [5, 5.41) is 12.4. The number of hydrogen-bond acceptors (Lipinski definition) is 3. The van der Waals surface area contributed by atoms with Crippen molar-refractivity contribution >= 4 is 11.5 Å². The van der Waals surface area contributed by atoms with E-state index < -0.39 is 5.60 Å². The van der Waals surface area contributed by atoms with Gasteiger partial charge in [0.1, 0.15) is 5.60 Å². The van der Waals surface area contributed by atoms with Gasteiger partial charge in [-0.2, -0.15) is 4.37 Å². The maximum absolute atomic E-state index is 10.4. The zero-order valence-corrected chi connectivity index (χ0v) is 8.84. The average molecular weight is 197 g/mol. The lowest BCUT2D eigenvalue weighted by atomic mass is 9.90. The quantitative estimate of drug-likeness (QED) is 0.807. The molecule has 1 aliphatic rings. The van der Waals surface area contributed by atoms with E-state index in [1.807, 2.05) is 18.4 Å². The summed E-state index contributed by atoms with van der Waals surface area (Å²) in [5.74, 6) is 1.09. The third kappa shape index (κ3) is 1.40. The Morgan fingerprint density at radius 3 is 2.85 bits per heavy atom. The van der Waals surface area contributed by atoms with E-state index >= 15 is 0 Å². The van der Waals surface area contributed by atoms with E-state index in [1.165, 1.54) is 11.5 Å². The van der Waals surface area contributed by atoms with Crippen molar-refractivity contribution in [2.24, 2.45) is 11.8 Å². The third-order valence-electron chi connectivity index (χ3n) is 3.14. The Hall–Kier alpha value is -0.410. The van der Waals surface area contributed by atoms with Gasteiger partial charge in [0.05, 0.1) is 5.69 Å². The predicted molar refractivity (Wildman–Crippen MR) is 53.6 cm³/mol. The summed E-state index contributed by atoms with van der Waals surface area (Å²) >= 11 is 1.42. The standard InChI is InChI=1S/C10H15NOS/c1-3-10(12,8-6-7(8)2)9-4-5-13-11-9/h4-5,7-8,12H,3,6H2,1-2H3. The van der Waals surface area contributed by atoms with Crippen molar-refractivity contribution in [1.82, 2.24) is 4.37 Å². The monoisotopic (exact) mass is 197 g/mol. The van der Waals surface area contributed by atoms with Gasteiger partial charge < -0.3 is 5.11 Å². The summed E-state index contributed by atoms with van der Waals surface area (Å²) < 4.78 is 4.25. The molecule has 0 spiro atoms. The van der Waals surface area contributed by atoms with Gasteiger partial charge >= 0.3 is 0 Å². The summed E-state index contributed by atoms with van der Waals surface area (Å²) in [6, 6.07) is 1.94. The van der Waals surface area contributed by atoms with Crippen molar-refractivity contribution in [2.75, 3.05) is 0 Å². The van der Waals surface area contributed by atoms with Crippen LogP contribution in [0.3, 0.4) is 0 Å². The molecular weight excluding hydrogens is 182 g/mol. The van der Waals surface area contributed by atoms with Crippen LogP contribution in [-0.4, -0.2) is 9.48 Å². The van der Waals surface area contributed by atoms with Crippen LogP contribution in [0.25, 0.3) is 0 Å². The maximum atomic E-state index is 10.4. The molecule has 1 aromatic heterocycles. The van der Waals surface area contributed by atoms with Crippen molar-refractivity contribution in [3.05, 3.63) is 17.1 Å². The molecule has 1 saturated carbocycles. The Morgan fingerprint density at radius 1 is 1.77 bits per heavy atom. The lowest BCUT2D eigenvalue weighted by Crippen LogP contribution is -2.28. The lowest BCUT2D eigenvalue weighted by Gasteiger charge is -2.24. The molecule has 1 heterocycles. The number of aromatic nitrogens is 1. The van der Waals surface area contributed by atoms with Gasteiger partial charge in [-0.05, 0) is 42.3 Å². The second kappa shape index (κ2) is 3.07. The number of nitrogens with zero attached hydrogens (tertiary/aromatic N) is 1. The highest BCUT2D eigenvalue weighted by atomic mass is 32.1. The minimum atomic E-state index is -0.653. The first-order valence-corrected chi connectivity index (χ1v) is 5.65. The Morgan fingerprint density at radius 2 is 2.46 bits per heavy atom. The van der Waals surface area contributed by atoms with Crippen molar-refractivity contribution in [2.45, 2.75) is 32.3 Å². The van der Waals surface area contributed by atoms with Crippen LogP contribution in [-0.2, 0) is 5.60 Å². The highest BCUT2D eigenvalue weighted by Gasteiger charge is 2.50. The Kier molecular flexibility index (Phi) is 2.16. The maximum Gasteiger partial charge on any atom is 0.110 e. The van der Waals surface area contributed by atoms with Crippen molar-refractivity contribution in [3.63, 3.8) is 0 Å². The summed E-state index contributed by atoms with van der Waals surface area (Å²) in [5.41, 5.74) is 0.216. The summed E-state index contributed by atoms with van der Waals surface area (Å²) in [6.45, 7) is 4.22. The van der Waals surface area contributed by atoms with Crippen molar-refractivity contribution in [3.8, 4) is 0 Å². The van der Waals surface area contributed by atoms with E-state index in [9.17, 15) is 5.11 Å². The zero-order valence-electron chi connectivity index (χ0n) is 8.03. The molecule has 13 heavy (non-hydrogen) atoms. The zero-order chi connectivity index (χ0) is 9.47. The largest absolute Gasteiger partial charge is 0.383 e. The normalized spacial score (nSPS) is 31.3. The fourth-order valence-electron chi connectivity index (χ4n) is 2.06. The molecule has 3 unspecified atom stereocenters. The fourth-order valence-corrected chi connectivity index (χ4v) is 2.64. The molecule has 0 saturated heterocycles. The van der Waals surface area contributed by atoms with E-state index in [1.54, 1.807) is 0 Å². The van der Waals surface area contributed by atoms with Crippen LogP contribution < -0.4 is 0 Å². The van der Waals surface area contributed by atoms with Crippen LogP contribution >= 0.6 is 11.5 Å². The van der Waals surface area contributed by atoms with Crippen LogP contribution in [0.1, 0.15) is 32.4 Å². The number of rotatable bonds is 3. The van der Waals surface area contributed by atoms with Crippen molar-refractivity contribution in [1.29, 1.82) is 0 Å². The Bertz CT molecular complexity index is 285. The molecule has 2 rings (SSSR count). The van der Waals surface area contributed by atoms with Crippen molar-refractivity contribution < 1.29 is 5.11 Å². The number of hydrogen-bond donors (Lipinski definition) is 1. The molecule has 72 valence electrons. The van der Waals surface area contributed by atoms with Gasteiger partial charge in [0.2, 0.25) is 0 Å². The van der Waals surface area contributed by atoms with Crippen LogP contribution in [0.4, 0.5) is 0 Å². The highest BCUT2D eigenvalue weighted by molar-refractivity contribution is 7.03. The van der Waals surface area contributed by atoms with Gasteiger partial charge in [-0.1, -0.05) is 13.8 Å². The molecule has 0 radical (unpaired) electrons. The predicted octanol–water partition coefficient (Wildman–Crippen LogP) is 2.40. The van der Waals surface area contributed by atoms with E-state index in [4.69, 9.17) is 0 Å². The fraction of sp³-hybridized carbons (Fsp3) is 0.700. The molecule has 1 N–H and O–H groups in total. The molecule has 0 bridgehead atoms. The van der Waals surface area contributed by atoms with Crippen LogP contribution in [0.2, 0.25) is 0 Å². The second-order valence-corrected chi connectivity index (χ2v) is 4.65. The lowest BCUT2D eigenvalue weighted by molar-refractivity contribution is 0.00107. The first-order chi connectivity index (χ1) is 6.18. The molecule has 0 aromatic carbocycles. The molecule has 3 heteroatoms. The van der Waals surface area contributed by atoms with Gasteiger partial charge in [0.25, 0.3) is 0 Å². The highest BCUT2D eigenvalue weighted by Crippen LogP contribution is 2.51. The Balaban J connectivity index is 2.25.